The smallest absolute Gasteiger partial charge is 0.0583 e. The van der Waals surface area contributed by atoms with Gasteiger partial charge in [-0.25, -0.2) is 0 Å². The van der Waals surface area contributed by atoms with E-state index in [1.165, 1.54) is 11.3 Å². The van der Waals surface area contributed by atoms with Gasteiger partial charge in [0.05, 0.1) is 12.1 Å². The lowest BCUT2D eigenvalue weighted by molar-refractivity contribution is 0.118. The van der Waals surface area contributed by atoms with E-state index in [0.717, 1.165) is 19.5 Å². The molecule has 1 aromatic rings. The maximum absolute atomic E-state index is 9.95. The van der Waals surface area contributed by atoms with Crippen molar-refractivity contribution >= 4 is 11.3 Å². The number of nitrogens with zero attached hydrogens (tertiary/aromatic N) is 1. The van der Waals surface area contributed by atoms with Crippen LogP contribution in [0.5, 0.6) is 0 Å². The van der Waals surface area contributed by atoms with Gasteiger partial charge in [-0.15, -0.1) is 11.3 Å². The molecule has 4 unspecified atom stereocenters. The van der Waals surface area contributed by atoms with E-state index in [1.807, 2.05) is 0 Å². The summed E-state index contributed by atoms with van der Waals surface area (Å²) in [6.07, 6.45) is 2.10. The van der Waals surface area contributed by atoms with Crippen molar-refractivity contribution in [2.75, 3.05) is 19.6 Å². The van der Waals surface area contributed by atoms with Crippen LogP contribution in [-0.4, -0.2) is 35.7 Å². The highest BCUT2D eigenvalue weighted by molar-refractivity contribution is 7.10. The first-order valence-electron chi connectivity index (χ1n) is 6.45. The van der Waals surface area contributed by atoms with Crippen molar-refractivity contribution in [2.45, 2.75) is 25.0 Å². The van der Waals surface area contributed by atoms with Gasteiger partial charge in [0, 0.05) is 30.4 Å². The van der Waals surface area contributed by atoms with Gasteiger partial charge in [0.1, 0.15) is 0 Å². The first-order chi connectivity index (χ1) is 8.29. The minimum Gasteiger partial charge on any atom is -0.393 e. The van der Waals surface area contributed by atoms with Crippen LogP contribution in [0.4, 0.5) is 0 Å². The van der Waals surface area contributed by atoms with Crippen LogP contribution in [0.1, 0.15) is 23.8 Å². The Morgan fingerprint density at radius 1 is 1.47 bits per heavy atom. The van der Waals surface area contributed by atoms with Crippen molar-refractivity contribution in [3.63, 3.8) is 0 Å². The molecule has 1 saturated heterocycles. The molecule has 0 radical (unpaired) electrons. The standard InChI is InChI=1S/C13H20N2OS/c14-6-11(13-2-1-5-17-13)15-7-9-3-4-12(16)10(9)8-15/h1-2,5,9-12,16H,3-4,6-8,14H2. The average molecular weight is 252 g/mol. The molecule has 3 rings (SSSR count). The molecule has 17 heavy (non-hydrogen) atoms. The van der Waals surface area contributed by atoms with Gasteiger partial charge in [-0.3, -0.25) is 4.90 Å². The minimum atomic E-state index is -0.0771. The fraction of sp³-hybridized carbons (Fsp3) is 0.692. The highest BCUT2D eigenvalue weighted by Gasteiger charge is 2.43. The van der Waals surface area contributed by atoms with E-state index in [9.17, 15) is 5.11 Å². The van der Waals surface area contributed by atoms with Gasteiger partial charge in [-0.2, -0.15) is 0 Å². The number of hydrogen-bond acceptors (Lipinski definition) is 4. The van der Waals surface area contributed by atoms with Crippen molar-refractivity contribution in [3.05, 3.63) is 22.4 Å². The van der Waals surface area contributed by atoms with Crippen molar-refractivity contribution < 1.29 is 5.11 Å². The van der Waals surface area contributed by atoms with E-state index in [0.29, 0.717) is 24.4 Å². The number of fused-ring (bicyclic) bond motifs is 1. The zero-order chi connectivity index (χ0) is 11.8. The lowest BCUT2D eigenvalue weighted by Gasteiger charge is -2.26. The molecule has 4 heteroatoms. The Kier molecular flexibility index (Phi) is 3.21. The summed E-state index contributed by atoms with van der Waals surface area (Å²) in [5.74, 6) is 1.18. The Morgan fingerprint density at radius 3 is 3.00 bits per heavy atom. The predicted octanol–water partition coefficient (Wildman–Crippen LogP) is 1.45. The molecule has 0 aromatic carbocycles. The highest BCUT2D eigenvalue weighted by Crippen LogP contribution is 2.41. The summed E-state index contributed by atoms with van der Waals surface area (Å²) >= 11 is 1.79. The van der Waals surface area contributed by atoms with Gasteiger partial charge < -0.3 is 10.8 Å². The van der Waals surface area contributed by atoms with Crippen molar-refractivity contribution in [1.82, 2.24) is 4.90 Å². The van der Waals surface area contributed by atoms with Crippen LogP contribution in [0, 0.1) is 11.8 Å². The average Bonchev–Trinajstić information content (AvgIpc) is 3.00. The van der Waals surface area contributed by atoms with Gasteiger partial charge >= 0.3 is 0 Å². The number of hydrogen-bond donors (Lipinski definition) is 2. The van der Waals surface area contributed by atoms with Crippen LogP contribution >= 0.6 is 11.3 Å². The molecule has 94 valence electrons. The van der Waals surface area contributed by atoms with E-state index in [-0.39, 0.29) is 6.10 Å². The first-order valence-corrected chi connectivity index (χ1v) is 7.33. The highest BCUT2D eigenvalue weighted by atomic mass is 32.1. The molecule has 0 spiro atoms. The molecule has 4 atom stereocenters. The van der Waals surface area contributed by atoms with Gasteiger partial charge in [-0.05, 0) is 30.2 Å². The predicted molar refractivity (Wildman–Crippen MR) is 69.9 cm³/mol. The number of aliphatic hydroxyl groups excluding tert-OH is 1. The molecule has 0 amide bonds. The van der Waals surface area contributed by atoms with Crippen molar-refractivity contribution in [3.8, 4) is 0 Å². The number of nitrogens with two attached hydrogens (primary N) is 1. The second kappa shape index (κ2) is 4.69. The van der Waals surface area contributed by atoms with E-state index < -0.39 is 0 Å². The number of thiophene rings is 1. The number of aliphatic hydroxyl groups is 1. The molecular formula is C13H20N2OS. The summed E-state index contributed by atoms with van der Waals surface area (Å²) in [6, 6.07) is 4.62. The van der Waals surface area contributed by atoms with Crippen molar-refractivity contribution in [1.29, 1.82) is 0 Å². The third kappa shape index (κ3) is 2.03. The molecule has 3 N–H and O–H groups in total. The lowest BCUT2D eigenvalue weighted by atomic mass is 10.00. The van der Waals surface area contributed by atoms with E-state index in [4.69, 9.17) is 5.73 Å². The molecule has 2 fully saturated rings. The van der Waals surface area contributed by atoms with Crippen LogP contribution in [-0.2, 0) is 0 Å². The van der Waals surface area contributed by atoms with Gasteiger partial charge in [-0.1, -0.05) is 6.07 Å². The fourth-order valence-electron chi connectivity index (χ4n) is 3.45. The van der Waals surface area contributed by atoms with Gasteiger partial charge in [0.15, 0.2) is 0 Å². The largest absolute Gasteiger partial charge is 0.393 e. The zero-order valence-corrected chi connectivity index (χ0v) is 10.8. The summed E-state index contributed by atoms with van der Waals surface area (Å²) < 4.78 is 0. The van der Waals surface area contributed by atoms with E-state index in [1.54, 1.807) is 11.3 Å². The summed E-state index contributed by atoms with van der Waals surface area (Å²) in [5, 5.41) is 12.1. The second-order valence-electron chi connectivity index (χ2n) is 5.29. The monoisotopic (exact) mass is 252 g/mol. The van der Waals surface area contributed by atoms with E-state index >= 15 is 0 Å². The molecular weight excluding hydrogens is 232 g/mol. The van der Waals surface area contributed by atoms with Crippen LogP contribution in [0.2, 0.25) is 0 Å². The molecule has 3 nitrogen and oxygen atoms in total. The van der Waals surface area contributed by atoms with E-state index in [2.05, 4.69) is 22.4 Å². The molecule has 1 aliphatic carbocycles. The summed E-state index contributed by atoms with van der Waals surface area (Å²) in [6.45, 7) is 2.81. The minimum absolute atomic E-state index is 0.0771. The third-order valence-electron chi connectivity index (χ3n) is 4.38. The molecule has 1 aromatic heterocycles. The SMILES string of the molecule is NCC(c1cccs1)N1CC2CCC(O)C2C1. The second-order valence-corrected chi connectivity index (χ2v) is 6.27. The Morgan fingerprint density at radius 2 is 2.35 bits per heavy atom. The molecule has 1 aliphatic heterocycles. The van der Waals surface area contributed by atoms with Crippen LogP contribution in [0.3, 0.4) is 0 Å². The maximum atomic E-state index is 9.95. The van der Waals surface area contributed by atoms with Gasteiger partial charge in [0.2, 0.25) is 0 Å². The molecule has 1 saturated carbocycles. The first kappa shape index (κ1) is 11.7. The Bertz CT molecular complexity index is 368. The fourth-order valence-corrected chi connectivity index (χ4v) is 4.33. The Balaban J connectivity index is 1.73. The number of likely N-dealkylation sites (tertiary alicyclic amines) is 1. The molecule has 2 aliphatic rings. The third-order valence-corrected chi connectivity index (χ3v) is 5.36. The van der Waals surface area contributed by atoms with Gasteiger partial charge in [0.25, 0.3) is 0 Å². The Labute approximate surface area is 106 Å². The summed E-state index contributed by atoms with van der Waals surface area (Å²) in [5.41, 5.74) is 5.93. The van der Waals surface area contributed by atoms with Crippen molar-refractivity contribution in [2.24, 2.45) is 17.6 Å². The Hall–Kier alpha value is -0.420. The number of rotatable bonds is 3. The van der Waals surface area contributed by atoms with Crippen LogP contribution in [0.15, 0.2) is 17.5 Å². The normalized spacial score (nSPS) is 35.1. The summed E-state index contributed by atoms with van der Waals surface area (Å²) in [4.78, 5) is 3.84. The zero-order valence-electron chi connectivity index (χ0n) is 9.96. The topological polar surface area (TPSA) is 49.5 Å². The molecule has 0 bridgehead atoms. The lowest BCUT2D eigenvalue weighted by Crippen LogP contribution is -2.33. The van der Waals surface area contributed by atoms with Crippen LogP contribution < -0.4 is 5.73 Å². The molecule has 2 heterocycles. The quantitative estimate of drug-likeness (QED) is 0.856. The maximum Gasteiger partial charge on any atom is 0.0583 e. The summed E-state index contributed by atoms with van der Waals surface area (Å²) in [7, 11) is 0. The van der Waals surface area contributed by atoms with Crippen LogP contribution in [0.25, 0.3) is 0 Å².